The zero-order valence-corrected chi connectivity index (χ0v) is 9.26. The summed E-state index contributed by atoms with van der Waals surface area (Å²) in [5, 5.41) is 9.11. The monoisotopic (exact) mass is 284 g/mol. The van der Waals surface area contributed by atoms with Gasteiger partial charge in [-0.2, -0.15) is 13.2 Å². The molecule has 0 aliphatic heterocycles. The minimum absolute atomic E-state index is 0.00537. The van der Waals surface area contributed by atoms with Gasteiger partial charge < -0.3 is 9.84 Å². The molecule has 0 aromatic heterocycles. The molecule has 0 saturated heterocycles. The summed E-state index contributed by atoms with van der Waals surface area (Å²) in [6, 6.07) is 4.29. The molecule has 1 atom stereocenters. The molecule has 1 aromatic rings. The second kappa shape index (κ2) is 4.40. The number of alkyl halides is 3. The van der Waals surface area contributed by atoms with Gasteiger partial charge in [-0.25, -0.2) is 0 Å². The molecule has 0 aliphatic carbocycles. The molecule has 84 valence electrons. The standard InChI is InChI=1S/C9H8BrF3O2/c1-15-6-4-2-3-5(10)7(6)8(14)9(11,12)13/h2-4,8,14H,1H3. The number of aliphatic hydroxyl groups is 1. The zero-order chi connectivity index (χ0) is 11.6. The van der Waals surface area contributed by atoms with Gasteiger partial charge in [-0.05, 0) is 12.1 Å². The van der Waals surface area contributed by atoms with Gasteiger partial charge in [0.1, 0.15) is 5.75 Å². The van der Waals surface area contributed by atoms with Gasteiger partial charge in [0, 0.05) is 10.0 Å². The first kappa shape index (κ1) is 12.3. The first-order valence-electron chi connectivity index (χ1n) is 3.95. The van der Waals surface area contributed by atoms with E-state index in [1.807, 2.05) is 0 Å². The van der Waals surface area contributed by atoms with E-state index in [-0.39, 0.29) is 15.8 Å². The molecule has 0 fully saturated rings. The minimum Gasteiger partial charge on any atom is -0.496 e. The average Bonchev–Trinajstić information content (AvgIpc) is 2.15. The van der Waals surface area contributed by atoms with Crippen LogP contribution in [-0.2, 0) is 0 Å². The lowest BCUT2D eigenvalue weighted by Crippen LogP contribution is -2.21. The number of hydrogen-bond donors (Lipinski definition) is 1. The van der Waals surface area contributed by atoms with Crippen LogP contribution in [0, 0.1) is 0 Å². The van der Waals surface area contributed by atoms with Crippen molar-refractivity contribution in [1.82, 2.24) is 0 Å². The first-order valence-corrected chi connectivity index (χ1v) is 4.74. The van der Waals surface area contributed by atoms with Crippen LogP contribution in [0.4, 0.5) is 13.2 Å². The van der Waals surface area contributed by atoms with E-state index in [1.165, 1.54) is 25.3 Å². The fraction of sp³-hybridized carbons (Fsp3) is 0.333. The van der Waals surface area contributed by atoms with E-state index < -0.39 is 12.3 Å². The van der Waals surface area contributed by atoms with Crippen LogP contribution in [0.25, 0.3) is 0 Å². The van der Waals surface area contributed by atoms with Crippen molar-refractivity contribution in [2.45, 2.75) is 12.3 Å². The molecule has 1 N–H and O–H groups in total. The Hall–Kier alpha value is -0.750. The van der Waals surface area contributed by atoms with Gasteiger partial charge in [0.05, 0.1) is 7.11 Å². The van der Waals surface area contributed by atoms with Crippen LogP contribution < -0.4 is 4.74 Å². The van der Waals surface area contributed by atoms with Crippen LogP contribution in [0.2, 0.25) is 0 Å². The Labute approximate surface area is 92.8 Å². The Morgan fingerprint density at radius 1 is 1.40 bits per heavy atom. The van der Waals surface area contributed by atoms with Gasteiger partial charge >= 0.3 is 6.18 Å². The van der Waals surface area contributed by atoms with Gasteiger partial charge in [0.25, 0.3) is 0 Å². The molecular formula is C9H8BrF3O2. The predicted octanol–water partition coefficient (Wildman–Crippen LogP) is 3.05. The van der Waals surface area contributed by atoms with Crippen LogP contribution in [0.1, 0.15) is 11.7 Å². The Kier molecular flexibility index (Phi) is 3.62. The number of halogens is 4. The number of aliphatic hydroxyl groups excluding tert-OH is 1. The Balaban J connectivity index is 3.23. The molecule has 1 rings (SSSR count). The molecule has 0 amide bonds. The molecule has 0 spiro atoms. The third-order valence-corrected chi connectivity index (χ3v) is 2.51. The van der Waals surface area contributed by atoms with Crippen molar-refractivity contribution < 1.29 is 23.0 Å². The maximum Gasteiger partial charge on any atom is 0.418 e. The zero-order valence-electron chi connectivity index (χ0n) is 7.68. The van der Waals surface area contributed by atoms with Crippen LogP contribution in [0.3, 0.4) is 0 Å². The molecule has 1 unspecified atom stereocenters. The van der Waals surface area contributed by atoms with Crippen molar-refractivity contribution in [3.63, 3.8) is 0 Å². The highest BCUT2D eigenvalue weighted by Crippen LogP contribution is 2.40. The summed E-state index contributed by atoms with van der Waals surface area (Å²) >= 11 is 2.94. The van der Waals surface area contributed by atoms with Crippen molar-refractivity contribution in [3.05, 3.63) is 28.2 Å². The fourth-order valence-electron chi connectivity index (χ4n) is 1.12. The van der Waals surface area contributed by atoms with Gasteiger partial charge in [0.2, 0.25) is 0 Å². The smallest absolute Gasteiger partial charge is 0.418 e. The third-order valence-electron chi connectivity index (χ3n) is 1.82. The van der Waals surface area contributed by atoms with E-state index in [2.05, 4.69) is 15.9 Å². The lowest BCUT2D eigenvalue weighted by atomic mass is 10.1. The summed E-state index contributed by atoms with van der Waals surface area (Å²) in [6.07, 6.45) is -7.26. The quantitative estimate of drug-likeness (QED) is 0.905. The summed E-state index contributed by atoms with van der Waals surface area (Å²) in [7, 11) is 1.24. The van der Waals surface area contributed by atoms with Crippen molar-refractivity contribution in [2.75, 3.05) is 7.11 Å². The van der Waals surface area contributed by atoms with E-state index in [4.69, 9.17) is 9.84 Å². The third kappa shape index (κ3) is 2.63. The summed E-state index contributed by atoms with van der Waals surface area (Å²) in [5.41, 5.74) is -0.312. The van der Waals surface area contributed by atoms with E-state index in [0.717, 1.165) is 0 Å². The second-order valence-electron chi connectivity index (χ2n) is 2.80. The van der Waals surface area contributed by atoms with E-state index >= 15 is 0 Å². The molecule has 0 heterocycles. The summed E-state index contributed by atoms with van der Waals surface area (Å²) in [5.74, 6) is -0.00537. The van der Waals surface area contributed by atoms with Crippen molar-refractivity contribution in [3.8, 4) is 5.75 Å². The van der Waals surface area contributed by atoms with E-state index in [1.54, 1.807) is 0 Å². The molecular weight excluding hydrogens is 277 g/mol. The van der Waals surface area contributed by atoms with Gasteiger partial charge in [0.15, 0.2) is 6.10 Å². The average molecular weight is 285 g/mol. The molecule has 2 nitrogen and oxygen atoms in total. The SMILES string of the molecule is COc1cccc(Br)c1C(O)C(F)(F)F. The van der Waals surface area contributed by atoms with Crippen molar-refractivity contribution >= 4 is 15.9 Å². The molecule has 0 radical (unpaired) electrons. The maximum absolute atomic E-state index is 12.3. The van der Waals surface area contributed by atoms with Crippen LogP contribution >= 0.6 is 15.9 Å². The Morgan fingerprint density at radius 2 is 2.00 bits per heavy atom. The normalized spacial score (nSPS) is 13.7. The molecule has 1 aromatic carbocycles. The molecule has 6 heteroatoms. The molecule has 0 aliphatic rings. The highest BCUT2D eigenvalue weighted by atomic mass is 79.9. The summed E-state index contributed by atoms with van der Waals surface area (Å²) in [6.45, 7) is 0. The van der Waals surface area contributed by atoms with E-state index in [0.29, 0.717) is 0 Å². The lowest BCUT2D eigenvalue weighted by Gasteiger charge is -2.18. The van der Waals surface area contributed by atoms with Crippen LogP contribution in [-0.4, -0.2) is 18.4 Å². The maximum atomic E-state index is 12.3. The number of hydrogen-bond acceptors (Lipinski definition) is 2. The number of methoxy groups -OCH3 is 1. The van der Waals surface area contributed by atoms with Gasteiger partial charge in [-0.15, -0.1) is 0 Å². The predicted molar refractivity (Wildman–Crippen MR) is 51.7 cm³/mol. The molecule has 15 heavy (non-hydrogen) atoms. The number of ether oxygens (including phenoxy) is 1. The summed E-state index contributed by atoms with van der Waals surface area (Å²) in [4.78, 5) is 0. The lowest BCUT2D eigenvalue weighted by molar-refractivity contribution is -0.207. The topological polar surface area (TPSA) is 29.5 Å². The highest BCUT2D eigenvalue weighted by molar-refractivity contribution is 9.10. The first-order chi connectivity index (χ1) is 6.88. The molecule has 0 bridgehead atoms. The van der Waals surface area contributed by atoms with Crippen molar-refractivity contribution in [1.29, 1.82) is 0 Å². The highest BCUT2D eigenvalue weighted by Gasteiger charge is 2.41. The Bertz CT molecular complexity index is 352. The summed E-state index contributed by atoms with van der Waals surface area (Å²) < 4.78 is 41.8. The second-order valence-corrected chi connectivity index (χ2v) is 3.65. The molecule has 0 saturated carbocycles. The van der Waals surface area contributed by atoms with Gasteiger partial charge in [-0.3, -0.25) is 0 Å². The van der Waals surface area contributed by atoms with Gasteiger partial charge in [-0.1, -0.05) is 22.0 Å². The minimum atomic E-state index is -4.71. The number of rotatable bonds is 2. The largest absolute Gasteiger partial charge is 0.496 e. The van der Waals surface area contributed by atoms with E-state index in [9.17, 15) is 13.2 Å². The Morgan fingerprint density at radius 3 is 2.47 bits per heavy atom. The van der Waals surface area contributed by atoms with Crippen molar-refractivity contribution in [2.24, 2.45) is 0 Å². The van der Waals surface area contributed by atoms with Crippen LogP contribution in [0.15, 0.2) is 22.7 Å². The fourth-order valence-corrected chi connectivity index (χ4v) is 1.69. The number of benzene rings is 1. The van der Waals surface area contributed by atoms with Crippen LogP contribution in [0.5, 0.6) is 5.75 Å².